The number of hydrogen-bond donors (Lipinski definition) is 1. The lowest BCUT2D eigenvalue weighted by molar-refractivity contribution is -0.121. The SMILES string of the molecule is Cc1c([C@@H](O)CN2CCN(CC(=O)C3CC=C(C#N)C=N3)CC2)ccc2c1COC2=O. The van der Waals surface area contributed by atoms with Gasteiger partial charge in [-0.1, -0.05) is 12.1 Å². The molecule has 0 spiro atoms. The van der Waals surface area contributed by atoms with Crippen LogP contribution in [0.25, 0.3) is 0 Å². The normalized spacial score (nSPS) is 22.4. The Morgan fingerprint density at radius 3 is 2.74 bits per heavy atom. The fourth-order valence-electron chi connectivity index (χ4n) is 4.34. The summed E-state index contributed by atoms with van der Waals surface area (Å²) in [5.74, 6) is -0.228. The van der Waals surface area contributed by atoms with Crippen molar-refractivity contribution in [3.63, 3.8) is 0 Å². The molecule has 0 amide bonds. The van der Waals surface area contributed by atoms with Crippen LogP contribution in [-0.4, -0.2) is 78.2 Å². The molecule has 1 aromatic rings. The lowest BCUT2D eigenvalue weighted by atomic mass is 9.95. The number of rotatable bonds is 6. The van der Waals surface area contributed by atoms with Crippen molar-refractivity contribution in [1.82, 2.24) is 9.80 Å². The molecule has 0 aromatic heterocycles. The molecule has 2 atom stereocenters. The number of esters is 1. The van der Waals surface area contributed by atoms with E-state index in [-0.39, 0.29) is 18.4 Å². The number of allylic oxidation sites excluding steroid dienone is 1. The molecule has 1 fully saturated rings. The molecule has 1 unspecified atom stereocenters. The molecule has 4 rings (SSSR count). The lowest BCUT2D eigenvalue weighted by Gasteiger charge is -2.35. The van der Waals surface area contributed by atoms with E-state index in [1.807, 2.05) is 19.1 Å². The minimum absolute atomic E-state index is 0.0727. The second-order valence-corrected chi connectivity index (χ2v) is 8.24. The molecular weight excluding hydrogens is 396 g/mol. The van der Waals surface area contributed by atoms with Gasteiger partial charge in [0.1, 0.15) is 18.7 Å². The zero-order chi connectivity index (χ0) is 22.0. The first-order chi connectivity index (χ1) is 15.0. The summed E-state index contributed by atoms with van der Waals surface area (Å²) in [6, 6.07) is 5.20. The second-order valence-electron chi connectivity index (χ2n) is 8.24. The summed E-state index contributed by atoms with van der Waals surface area (Å²) in [4.78, 5) is 32.7. The predicted molar refractivity (Wildman–Crippen MR) is 114 cm³/mol. The summed E-state index contributed by atoms with van der Waals surface area (Å²) in [6.07, 6.45) is 3.08. The van der Waals surface area contributed by atoms with Crippen molar-refractivity contribution in [2.75, 3.05) is 39.3 Å². The molecule has 0 bridgehead atoms. The van der Waals surface area contributed by atoms with Crippen molar-refractivity contribution in [3.8, 4) is 6.07 Å². The van der Waals surface area contributed by atoms with Crippen LogP contribution < -0.4 is 0 Å². The van der Waals surface area contributed by atoms with Gasteiger partial charge in [-0.3, -0.25) is 19.6 Å². The first-order valence-corrected chi connectivity index (χ1v) is 10.5. The highest BCUT2D eigenvalue weighted by Gasteiger charge is 2.28. The fraction of sp³-hybridized carbons (Fsp3) is 0.478. The molecule has 3 heterocycles. The molecule has 0 saturated carbocycles. The molecule has 3 aliphatic rings. The van der Waals surface area contributed by atoms with Gasteiger partial charge < -0.3 is 9.84 Å². The van der Waals surface area contributed by atoms with E-state index >= 15 is 0 Å². The van der Waals surface area contributed by atoms with Crippen LogP contribution in [-0.2, 0) is 16.1 Å². The highest BCUT2D eigenvalue weighted by atomic mass is 16.5. The van der Waals surface area contributed by atoms with E-state index in [0.717, 1.165) is 42.9 Å². The summed E-state index contributed by atoms with van der Waals surface area (Å²) >= 11 is 0. The number of β-amino-alcohol motifs (C(OH)–C–C–N with tert-alkyl or cyclic N) is 1. The van der Waals surface area contributed by atoms with Gasteiger partial charge >= 0.3 is 5.97 Å². The predicted octanol–water partition coefficient (Wildman–Crippen LogP) is 1.18. The standard InChI is InChI=1S/C23H26N4O4/c1-15-17(3-4-18-19(15)14-31-23(18)30)21(28)12-26-6-8-27(9-7-26)13-22(29)20-5-2-16(10-24)11-25-20/h2-4,11,20-21,28H,5-9,12-14H2,1H3/t20?,21-/m0/s1. The van der Waals surface area contributed by atoms with Crippen molar-refractivity contribution in [3.05, 3.63) is 46.0 Å². The van der Waals surface area contributed by atoms with Crippen LogP contribution in [0.2, 0.25) is 0 Å². The number of carbonyl (C=O) groups is 2. The van der Waals surface area contributed by atoms with E-state index in [1.165, 1.54) is 6.21 Å². The van der Waals surface area contributed by atoms with Crippen LogP contribution in [0.15, 0.2) is 28.8 Å². The van der Waals surface area contributed by atoms with E-state index in [0.29, 0.717) is 30.6 Å². The van der Waals surface area contributed by atoms with Crippen molar-refractivity contribution < 1.29 is 19.4 Å². The van der Waals surface area contributed by atoms with Gasteiger partial charge in [0.2, 0.25) is 0 Å². The maximum atomic E-state index is 12.5. The Morgan fingerprint density at radius 1 is 1.32 bits per heavy atom. The van der Waals surface area contributed by atoms with Gasteiger partial charge in [0, 0.05) is 44.5 Å². The molecule has 1 aromatic carbocycles. The highest BCUT2D eigenvalue weighted by molar-refractivity contribution is 5.94. The molecule has 162 valence electrons. The van der Waals surface area contributed by atoms with Crippen LogP contribution in [0.3, 0.4) is 0 Å². The summed E-state index contributed by atoms with van der Waals surface area (Å²) in [7, 11) is 0. The Hall–Kier alpha value is -2.86. The average molecular weight is 422 g/mol. The number of fused-ring (bicyclic) bond motifs is 1. The minimum Gasteiger partial charge on any atom is -0.457 e. The second kappa shape index (κ2) is 9.10. The number of aliphatic hydroxyl groups is 1. The molecule has 3 aliphatic heterocycles. The summed E-state index contributed by atoms with van der Waals surface area (Å²) in [5, 5.41) is 19.7. The topological polar surface area (TPSA) is 106 Å². The number of cyclic esters (lactones) is 1. The Labute approximate surface area is 181 Å². The third-order valence-electron chi connectivity index (χ3n) is 6.30. The number of ketones is 1. The van der Waals surface area contributed by atoms with E-state index in [2.05, 4.69) is 14.8 Å². The van der Waals surface area contributed by atoms with Crippen LogP contribution in [0, 0.1) is 18.3 Å². The van der Waals surface area contributed by atoms with Crippen molar-refractivity contribution in [2.24, 2.45) is 4.99 Å². The molecule has 8 heteroatoms. The van der Waals surface area contributed by atoms with E-state index < -0.39 is 12.1 Å². The van der Waals surface area contributed by atoms with Crippen molar-refractivity contribution in [2.45, 2.75) is 32.1 Å². The molecule has 1 N–H and O–H groups in total. The maximum Gasteiger partial charge on any atom is 0.338 e. The first kappa shape index (κ1) is 21.4. The third kappa shape index (κ3) is 4.59. The number of piperazine rings is 1. The molecule has 8 nitrogen and oxygen atoms in total. The Morgan fingerprint density at radius 2 is 2.06 bits per heavy atom. The summed E-state index contributed by atoms with van der Waals surface area (Å²) in [6.45, 7) is 6.08. The zero-order valence-corrected chi connectivity index (χ0v) is 17.6. The number of nitrogens with zero attached hydrogens (tertiary/aromatic N) is 4. The number of dihydropyridines is 1. The molecule has 0 radical (unpaired) electrons. The number of ether oxygens (including phenoxy) is 1. The van der Waals surface area contributed by atoms with Crippen LogP contribution in [0.5, 0.6) is 0 Å². The first-order valence-electron chi connectivity index (χ1n) is 10.5. The van der Waals surface area contributed by atoms with Crippen LogP contribution in [0.1, 0.15) is 39.6 Å². The Kier molecular flexibility index (Phi) is 6.28. The highest BCUT2D eigenvalue weighted by Crippen LogP contribution is 2.29. The average Bonchev–Trinajstić information content (AvgIpc) is 3.17. The van der Waals surface area contributed by atoms with Crippen LogP contribution >= 0.6 is 0 Å². The largest absolute Gasteiger partial charge is 0.457 e. The van der Waals surface area contributed by atoms with Gasteiger partial charge in [-0.15, -0.1) is 0 Å². The zero-order valence-electron chi connectivity index (χ0n) is 17.6. The van der Waals surface area contributed by atoms with Gasteiger partial charge in [0.25, 0.3) is 0 Å². The Balaban J connectivity index is 1.27. The van der Waals surface area contributed by atoms with Gasteiger partial charge in [-0.05, 0) is 30.5 Å². The van der Waals surface area contributed by atoms with Gasteiger partial charge in [-0.25, -0.2) is 4.79 Å². The summed E-state index contributed by atoms with van der Waals surface area (Å²) < 4.78 is 5.10. The van der Waals surface area contributed by atoms with E-state index in [1.54, 1.807) is 12.1 Å². The minimum atomic E-state index is -0.646. The van der Waals surface area contributed by atoms with E-state index in [9.17, 15) is 14.7 Å². The van der Waals surface area contributed by atoms with Crippen molar-refractivity contribution >= 4 is 18.0 Å². The third-order valence-corrected chi connectivity index (χ3v) is 6.30. The van der Waals surface area contributed by atoms with Crippen LogP contribution in [0.4, 0.5) is 0 Å². The van der Waals surface area contributed by atoms with E-state index in [4.69, 9.17) is 10.00 Å². The summed E-state index contributed by atoms with van der Waals surface area (Å²) in [5.41, 5.74) is 3.71. The number of nitriles is 1. The molecule has 0 aliphatic carbocycles. The quantitative estimate of drug-likeness (QED) is 0.686. The number of benzene rings is 1. The number of aliphatic hydroxyl groups excluding tert-OH is 1. The number of Topliss-reactive ketones (excluding diaryl/α,β-unsaturated/α-hetero) is 1. The molecule has 1 saturated heterocycles. The van der Waals surface area contributed by atoms with Crippen molar-refractivity contribution in [1.29, 1.82) is 5.26 Å². The molecule has 31 heavy (non-hydrogen) atoms. The Bertz CT molecular complexity index is 986. The van der Waals surface area contributed by atoms with Gasteiger partial charge in [-0.2, -0.15) is 5.26 Å². The fourth-order valence-corrected chi connectivity index (χ4v) is 4.34. The maximum absolute atomic E-state index is 12.5. The van der Waals surface area contributed by atoms with Gasteiger partial charge in [0.15, 0.2) is 5.78 Å². The van der Waals surface area contributed by atoms with Gasteiger partial charge in [0.05, 0.1) is 23.8 Å². The lowest BCUT2D eigenvalue weighted by Crippen LogP contribution is -2.49. The number of carbonyl (C=O) groups excluding carboxylic acids is 2. The smallest absolute Gasteiger partial charge is 0.338 e. The monoisotopic (exact) mass is 422 g/mol. The molecular formula is C23H26N4O4. The number of aliphatic imine (C=N–C) groups is 1. The number of hydrogen-bond acceptors (Lipinski definition) is 8.